The van der Waals surface area contributed by atoms with Crippen LogP contribution in [-0.4, -0.2) is 20.9 Å². The molecule has 0 aliphatic heterocycles. The number of H-pyrrole nitrogens is 1. The van der Waals surface area contributed by atoms with Gasteiger partial charge < -0.3 is 15.8 Å². The molecule has 3 aromatic rings. The summed E-state index contributed by atoms with van der Waals surface area (Å²) < 4.78 is 14.1. The minimum atomic E-state index is -0.921. The lowest BCUT2D eigenvalue weighted by Gasteiger charge is -2.06. The van der Waals surface area contributed by atoms with Crippen molar-refractivity contribution in [1.29, 1.82) is 0 Å². The number of rotatable bonds is 2. The Morgan fingerprint density at radius 2 is 2.19 bits per heavy atom. The van der Waals surface area contributed by atoms with E-state index in [9.17, 15) is 14.3 Å². The van der Waals surface area contributed by atoms with Crippen LogP contribution in [0.1, 0.15) is 21.5 Å². The zero-order chi connectivity index (χ0) is 15.1. The van der Waals surface area contributed by atoms with Crippen LogP contribution in [0.15, 0.2) is 30.6 Å². The molecule has 0 aliphatic rings. The highest BCUT2D eigenvalue weighted by Crippen LogP contribution is 2.29. The Morgan fingerprint density at radius 3 is 2.95 bits per heavy atom. The van der Waals surface area contributed by atoms with Gasteiger partial charge in [-0.3, -0.25) is 4.79 Å². The number of nitrogens with one attached hydrogen (secondary N) is 1. The fourth-order valence-electron chi connectivity index (χ4n) is 2.23. The average molecular weight is 285 g/mol. The van der Waals surface area contributed by atoms with Gasteiger partial charge in [0.15, 0.2) is 5.82 Å². The maximum absolute atomic E-state index is 14.1. The Labute approximate surface area is 119 Å². The number of carbonyl (C=O) groups excluding carboxylic acids is 1. The van der Waals surface area contributed by atoms with E-state index in [1.165, 1.54) is 18.3 Å². The quantitative estimate of drug-likeness (QED) is 0.383. The van der Waals surface area contributed by atoms with Gasteiger partial charge in [-0.2, -0.15) is 0 Å². The van der Waals surface area contributed by atoms with Crippen molar-refractivity contribution in [1.82, 2.24) is 9.97 Å². The normalized spacial score (nSPS) is 11.0. The molecule has 2 aromatic heterocycles. The van der Waals surface area contributed by atoms with Crippen molar-refractivity contribution in [3.63, 3.8) is 0 Å². The monoisotopic (exact) mass is 285 g/mol. The van der Waals surface area contributed by atoms with Crippen molar-refractivity contribution in [3.8, 4) is 5.75 Å². The SMILES string of the molecule is Cc1cnc2[nH]cc(C(=O)c3c(O)ccc(N)c3F)c2c1. The van der Waals surface area contributed by atoms with E-state index >= 15 is 0 Å². The van der Waals surface area contributed by atoms with E-state index < -0.39 is 22.9 Å². The van der Waals surface area contributed by atoms with Crippen LogP contribution in [0.25, 0.3) is 11.0 Å². The third-order valence-corrected chi connectivity index (χ3v) is 3.29. The van der Waals surface area contributed by atoms with E-state index in [0.29, 0.717) is 11.0 Å². The molecular formula is C15H12FN3O2. The van der Waals surface area contributed by atoms with Crippen molar-refractivity contribution in [2.45, 2.75) is 6.92 Å². The molecule has 0 bridgehead atoms. The number of phenols is 1. The fourth-order valence-corrected chi connectivity index (χ4v) is 2.23. The molecule has 1 aromatic carbocycles. The van der Waals surface area contributed by atoms with Crippen molar-refractivity contribution in [2.75, 3.05) is 5.73 Å². The van der Waals surface area contributed by atoms with Gasteiger partial charge in [-0.15, -0.1) is 0 Å². The molecule has 0 spiro atoms. The molecule has 21 heavy (non-hydrogen) atoms. The number of benzene rings is 1. The maximum atomic E-state index is 14.1. The number of carbonyl (C=O) groups is 1. The Balaban J connectivity index is 2.22. The van der Waals surface area contributed by atoms with E-state index in [4.69, 9.17) is 5.73 Å². The summed E-state index contributed by atoms with van der Waals surface area (Å²) in [7, 11) is 0. The minimum Gasteiger partial charge on any atom is -0.507 e. The summed E-state index contributed by atoms with van der Waals surface area (Å²) in [5.41, 5.74) is 6.46. The average Bonchev–Trinajstić information content (AvgIpc) is 2.86. The number of nitrogen functional groups attached to an aromatic ring is 1. The van der Waals surface area contributed by atoms with Crippen LogP contribution in [0.3, 0.4) is 0 Å². The van der Waals surface area contributed by atoms with E-state index in [0.717, 1.165) is 5.56 Å². The summed E-state index contributed by atoms with van der Waals surface area (Å²) in [6, 6.07) is 4.18. The number of nitrogens with two attached hydrogens (primary N) is 1. The number of halogens is 1. The van der Waals surface area contributed by atoms with E-state index in [1.807, 2.05) is 6.92 Å². The zero-order valence-electron chi connectivity index (χ0n) is 11.1. The summed E-state index contributed by atoms with van der Waals surface area (Å²) >= 11 is 0. The summed E-state index contributed by atoms with van der Waals surface area (Å²) in [6.45, 7) is 1.84. The van der Waals surface area contributed by atoms with Gasteiger partial charge in [0.05, 0.1) is 5.69 Å². The smallest absolute Gasteiger partial charge is 0.202 e. The number of aryl methyl sites for hydroxylation is 1. The van der Waals surface area contributed by atoms with E-state index in [-0.39, 0.29) is 11.3 Å². The number of aromatic amines is 1. The molecule has 106 valence electrons. The fraction of sp³-hybridized carbons (Fsp3) is 0.0667. The number of hydrogen-bond donors (Lipinski definition) is 3. The molecule has 0 atom stereocenters. The lowest BCUT2D eigenvalue weighted by Crippen LogP contribution is -2.06. The lowest BCUT2D eigenvalue weighted by molar-refractivity contribution is 0.103. The van der Waals surface area contributed by atoms with Crippen LogP contribution in [0, 0.1) is 12.7 Å². The van der Waals surface area contributed by atoms with Crippen molar-refractivity contribution < 1.29 is 14.3 Å². The second-order valence-corrected chi connectivity index (χ2v) is 4.80. The number of fused-ring (bicyclic) bond motifs is 1. The number of phenolic OH excluding ortho intramolecular Hbond substituents is 1. The summed E-state index contributed by atoms with van der Waals surface area (Å²) in [4.78, 5) is 19.5. The first kappa shape index (κ1) is 13.1. The van der Waals surface area contributed by atoms with Gasteiger partial charge in [0, 0.05) is 23.3 Å². The first-order chi connectivity index (χ1) is 9.99. The molecule has 0 amide bonds. The number of aromatic nitrogens is 2. The number of nitrogens with zero attached hydrogens (tertiary/aromatic N) is 1. The molecule has 6 heteroatoms. The van der Waals surface area contributed by atoms with Gasteiger partial charge >= 0.3 is 0 Å². The molecule has 4 N–H and O–H groups in total. The lowest BCUT2D eigenvalue weighted by atomic mass is 10.0. The highest BCUT2D eigenvalue weighted by Gasteiger charge is 2.23. The Bertz CT molecular complexity index is 871. The second-order valence-electron chi connectivity index (χ2n) is 4.80. The number of hydrogen-bond acceptors (Lipinski definition) is 4. The van der Waals surface area contributed by atoms with Crippen LogP contribution in [0.2, 0.25) is 0 Å². The molecule has 0 aliphatic carbocycles. The summed E-state index contributed by atoms with van der Waals surface area (Å²) in [5.74, 6) is -2.01. The molecule has 2 heterocycles. The van der Waals surface area contributed by atoms with Gasteiger partial charge in [-0.25, -0.2) is 9.37 Å². The summed E-state index contributed by atoms with van der Waals surface area (Å²) in [6.07, 6.45) is 3.10. The number of anilines is 1. The summed E-state index contributed by atoms with van der Waals surface area (Å²) in [5, 5.41) is 10.3. The Morgan fingerprint density at radius 1 is 1.43 bits per heavy atom. The minimum absolute atomic E-state index is 0.190. The van der Waals surface area contributed by atoms with Crippen molar-refractivity contribution in [3.05, 3.63) is 53.1 Å². The third-order valence-electron chi connectivity index (χ3n) is 3.29. The second kappa shape index (κ2) is 4.59. The van der Waals surface area contributed by atoms with Gasteiger partial charge in [0.25, 0.3) is 0 Å². The molecule has 0 fully saturated rings. The van der Waals surface area contributed by atoms with Crippen LogP contribution < -0.4 is 5.73 Å². The predicted octanol–water partition coefficient (Wildman–Crippen LogP) is 2.53. The number of ketones is 1. The predicted molar refractivity (Wildman–Crippen MR) is 76.7 cm³/mol. The first-order valence-corrected chi connectivity index (χ1v) is 6.24. The highest BCUT2D eigenvalue weighted by atomic mass is 19.1. The Hall–Kier alpha value is -2.89. The topological polar surface area (TPSA) is 92.0 Å². The van der Waals surface area contributed by atoms with Crippen LogP contribution in [0.5, 0.6) is 5.75 Å². The molecule has 0 radical (unpaired) electrons. The first-order valence-electron chi connectivity index (χ1n) is 6.24. The van der Waals surface area contributed by atoms with E-state index in [1.54, 1.807) is 12.3 Å². The molecule has 0 saturated heterocycles. The number of aromatic hydroxyl groups is 1. The van der Waals surface area contributed by atoms with Gasteiger partial charge in [-0.05, 0) is 30.7 Å². The van der Waals surface area contributed by atoms with Crippen molar-refractivity contribution >= 4 is 22.5 Å². The molecule has 5 nitrogen and oxygen atoms in total. The zero-order valence-corrected chi connectivity index (χ0v) is 11.1. The number of pyridine rings is 1. The third kappa shape index (κ3) is 2.01. The molecule has 0 unspecified atom stereocenters. The van der Waals surface area contributed by atoms with Gasteiger partial charge in [-0.1, -0.05) is 0 Å². The van der Waals surface area contributed by atoms with Crippen molar-refractivity contribution in [2.24, 2.45) is 0 Å². The maximum Gasteiger partial charge on any atom is 0.202 e. The molecule has 0 saturated carbocycles. The van der Waals surface area contributed by atoms with E-state index in [2.05, 4.69) is 9.97 Å². The van der Waals surface area contributed by atoms with Gasteiger partial charge in [0.2, 0.25) is 5.78 Å². The molecule has 3 rings (SSSR count). The van der Waals surface area contributed by atoms with Crippen LogP contribution in [-0.2, 0) is 0 Å². The standard InChI is InChI=1S/C15H12FN3O2/c1-7-4-8-9(6-19-15(8)18-5-7)14(21)12-11(20)3-2-10(17)13(12)16/h2-6,20H,17H2,1H3,(H,18,19). The molecular weight excluding hydrogens is 273 g/mol. The largest absolute Gasteiger partial charge is 0.507 e. The Kier molecular flexibility index (Phi) is 2.86. The van der Waals surface area contributed by atoms with Crippen LogP contribution >= 0.6 is 0 Å². The van der Waals surface area contributed by atoms with Gasteiger partial charge in [0.1, 0.15) is 17.0 Å². The van der Waals surface area contributed by atoms with Crippen LogP contribution in [0.4, 0.5) is 10.1 Å². The highest BCUT2D eigenvalue weighted by molar-refractivity contribution is 6.17.